The third-order valence-electron chi connectivity index (χ3n) is 5.59. The largest absolute Gasteiger partial charge is 0.368 e. The van der Waals surface area contributed by atoms with Crippen molar-refractivity contribution in [2.45, 2.75) is 32.2 Å². The topological polar surface area (TPSA) is 30.3 Å². The molecule has 1 spiro atoms. The van der Waals surface area contributed by atoms with Crippen molar-refractivity contribution < 1.29 is 0 Å². The zero-order valence-corrected chi connectivity index (χ0v) is 13.5. The van der Waals surface area contributed by atoms with Crippen LogP contribution in [0.4, 0.5) is 5.69 Å². The van der Waals surface area contributed by atoms with Gasteiger partial charge in [-0.25, -0.2) is 0 Å². The van der Waals surface area contributed by atoms with Crippen LogP contribution in [0.25, 0.3) is 0 Å². The maximum absolute atomic E-state index is 9.00. The lowest BCUT2D eigenvalue weighted by Crippen LogP contribution is -2.45. The van der Waals surface area contributed by atoms with Crippen LogP contribution in [-0.2, 0) is 0 Å². The van der Waals surface area contributed by atoms with Crippen LogP contribution in [0.3, 0.4) is 0 Å². The first-order valence-electron chi connectivity index (χ1n) is 7.71. The molecule has 0 aliphatic carbocycles. The van der Waals surface area contributed by atoms with E-state index >= 15 is 0 Å². The molecule has 0 bridgehead atoms. The summed E-state index contributed by atoms with van der Waals surface area (Å²) in [6, 6.07) is 8.49. The molecular weight excluding hydrogens is 282 g/mol. The highest BCUT2D eigenvalue weighted by Crippen LogP contribution is 2.46. The Balaban J connectivity index is 1.82. The van der Waals surface area contributed by atoms with Gasteiger partial charge in [-0.2, -0.15) is 5.26 Å². The van der Waals surface area contributed by atoms with Crippen molar-refractivity contribution in [3.63, 3.8) is 0 Å². The van der Waals surface area contributed by atoms with Crippen LogP contribution in [0.5, 0.6) is 0 Å². The van der Waals surface area contributed by atoms with Crippen molar-refractivity contribution in [3.05, 3.63) is 28.8 Å². The van der Waals surface area contributed by atoms with Gasteiger partial charge in [-0.3, -0.25) is 0 Å². The molecule has 3 nitrogen and oxygen atoms in total. The molecule has 112 valence electrons. The van der Waals surface area contributed by atoms with E-state index in [1.54, 1.807) is 0 Å². The number of hydrogen-bond donors (Lipinski definition) is 0. The number of hydrogen-bond acceptors (Lipinski definition) is 3. The Labute approximate surface area is 132 Å². The molecule has 3 rings (SSSR count). The molecule has 2 fully saturated rings. The molecule has 0 radical (unpaired) electrons. The maximum atomic E-state index is 9.00. The fourth-order valence-electron chi connectivity index (χ4n) is 3.93. The van der Waals surface area contributed by atoms with E-state index in [1.165, 1.54) is 32.4 Å². The number of benzene rings is 1. The highest BCUT2D eigenvalue weighted by Gasteiger charge is 2.45. The van der Waals surface area contributed by atoms with E-state index in [9.17, 15) is 0 Å². The molecule has 1 aromatic carbocycles. The van der Waals surface area contributed by atoms with E-state index < -0.39 is 0 Å². The standard InChI is InChI=1S/C17H22ClN3/c1-13-17(5-8-20(2)9-6-17)7-10-21(13)15-4-3-14(12-19)16(18)11-15/h3-4,11,13H,5-10H2,1-2H3. The molecule has 2 saturated heterocycles. The third kappa shape index (κ3) is 2.52. The molecule has 2 heterocycles. The van der Waals surface area contributed by atoms with E-state index in [1.807, 2.05) is 18.2 Å². The number of rotatable bonds is 1. The molecule has 4 heteroatoms. The second-order valence-electron chi connectivity index (χ2n) is 6.56. The van der Waals surface area contributed by atoms with Gasteiger partial charge in [-0.1, -0.05) is 11.6 Å². The first kappa shape index (κ1) is 14.7. The molecule has 1 atom stereocenters. The smallest absolute Gasteiger partial charge is 0.101 e. The van der Waals surface area contributed by atoms with Gasteiger partial charge in [0.15, 0.2) is 0 Å². The number of piperidine rings is 1. The van der Waals surface area contributed by atoms with Gasteiger partial charge in [0.05, 0.1) is 10.6 Å². The Hall–Kier alpha value is -1.24. The first-order chi connectivity index (χ1) is 10.1. The Morgan fingerprint density at radius 1 is 1.24 bits per heavy atom. The Kier molecular flexibility index (Phi) is 3.86. The molecule has 2 aliphatic heterocycles. The number of anilines is 1. The normalized spacial score (nSPS) is 25.2. The molecule has 21 heavy (non-hydrogen) atoms. The van der Waals surface area contributed by atoms with Crippen LogP contribution >= 0.6 is 11.6 Å². The molecule has 0 saturated carbocycles. The number of likely N-dealkylation sites (tertiary alicyclic amines) is 1. The summed E-state index contributed by atoms with van der Waals surface area (Å²) in [7, 11) is 2.21. The lowest BCUT2D eigenvalue weighted by atomic mass is 9.73. The van der Waals surface area contributed by atoms with Crippen molar-refractivity contribution >= 4 is 17.3 Å². The molecule has 2 aliphatic rings. The average Bonchev–Trinajstić information content (AvgIpc) is 2.80. The summed E-state index contributed by atoms with van der Waals surface area (Å²) in [5.41, 5.74) is 2.16. The van der Waals surface area contributed by atoms with Gasteiger partial charge in [0.2, 0.25) is 0 Å². The van der Waals surface area contributed by atoms with Crippen LogP contribution in [0.2, 0.25) is 5.02 Å². The van der Waals surface area contributed by atoms with Crippen LogP contribution < -0.4 is 4.90 Å². The maximum Gasteiger partial charge on any atom is 0.101 e. The minimum Gasteiger partial charge on any atom is -0.368 e. The number of nitriles is 1. The number of halogens is 1. The molecular formula is C17H22ClN3. The minimum absolute atomic E-state index is 0.451. The summed E-state index contributed by atoms with van der Waals surface area (Å²) >= 11 is 6.20. The van der Waals surface area contributed by atoms with E-state index in [-0.39, 0.29) is 0 Å². The summed E-state index contributed by atoms with van der Waals surface area (Å²) in [6.45, 7) is 5.84. The van der Waals surface area contributed by atoms with E-state index in [0.29, 0.717) is 22.0 Å². The van der Waals surface area contributed by atoms with Crippen molar-refractivity contribution in [1.29, 1.82) is 5.26 Å². The van der Waals surface area contributed by atoms with Crippen LogP contribution in [0.15, 0.2) is 18.2 Å². The zero-order valence-electron chi connectivity index (χ0n) is 12.8. The quantitative estimate of drug-likeness (QED) is 0.795. The molecule has 1 aromatic rings. The highest BCUT2D eigenvalue weighted by atomic mass is 35.5. The lowest BCUT2D eigenvalue weighted by molar-refractivity contribution is 0.117. The summed E-state index contributed by atoms with van der Waals surface area (Å²) in [4.78, 5) is 4.90. The van der Waals surface area contributed by atoms with E-state index in [2.05, 4.69) is 29.8 Å². The summed E-state index contributed by atoms with van der Waals surface area (Å²) < 4.78 is 0. The fourth-order valence-corrected chi connectivity index (χ4v) is 4.15. The van der Waals surface area contributed by atoms with Crippen LogP contribution in [0.1, 0.15) is 31.7 Å². The van der Waals surface area contributed by atoms with Crippen molar-refractivity contribution in [1.82, 2.24) is 4.90 Å². The lowest BCUT2D eigenvalue weighted by Gasteiger charge is -2.42. The highest BCUT2D eigenvalue weighted by molar-refractivity contribution is 6.32. The van der Waals surface area contributed by atoms with Gasteiger partial charge < -0.3 is 9.80 Å². The monoisotopic (exact) mass is 303 g/mol. The van der Waals surface area contributed by atoms with Crippen LogP contribution in [0, 0.1) is 16.7 Å². The van der Waals surface area contributed by atoms with Gasteiger partial charge in [-0.05, 0) is 69.9 Å². The van der Waals surface area contributed by atoms with Gasteiger partial charge >= 0.3 is 0 Å². The Morgan fingerprint density at radius 3 is 2.52 bits per heavy atom. The van der Waals surface area contributed by atoms with E-state index in [0.717, 1.165) is 12.2 Å². The summed E-state index contributed by atoms with van der Waals surface area (Å²) in [6.07, 6.45) is 3.83. The van der Waals surface area contributed by atoms with Crippen LogP contribution in [-0.4, -0.2) is 37.6 Å². The zero-order chi connectivity index (χ0) is 15.0. The van der Waals surface area contributed by atoms with Crippen molar-refractivity contribution in [2.24, 2.45) is 5.41 Å². The van der Waals surface area contributed by atoms with Gasteiger partial charge in [-0.15, -0.1) is 0 Å². The second-order valence-corrected chi connectivity index (χ2v) is 6.97. The number of nitrogens with zero attached hydrogens (tertiary/aromatic N) is 3. The average molecular weight is 304 g/mol. The first-order valence-corrected chi connectivity index (χ1v) is 8.08. The van der Waals surface area contributed by atoms with Gasteiger partial charge in [0.1, 0.15) is 6.07 Å². The molecule has 0 aromatic heterocycles. The van der Waals surface area contributed by atoms with E-state index in [4.69, 9.17) is 16.9 Å². The molecule has 0 amide bonds. The SMILES string of the molecule is CC1N(c2ccc(C#N)c(Cl)c2)CCC12CCN(C)CC2. The summed E-state index contributed by atoms with van der Waals surface area (Å²) in [5.74, 6) is 0. The van der Waals surface area contributed by atoms with Crippen molar-refractivity contribution in [3.8, 4) is 6.07 Å². The fraction of sp³-hybridized carbons (Fsp3) is 0.588. The Bertz CT molecular complexity index is 570. The predicted molar refractivity (Wildman–Crippen MR) is 86.8 cm³/mol. The molecule has 1 unspecified atom stereocenters. The predicted octanol–water partition coefficient (Wildman–Crippen LogP) is 3.52. The third-order valence-corrected chi connectivity index (χ3v) is 5.90. The summed E-state index contributed by atoms with van der Waals surface area (Å²) in [5, 5.41) is 9.56. The van der Waals surface area contributed by atoms with Gasteiger partial charge in [0, 0.05) is 18.3 Å². The molecule has 0 N–H and O–H groups in total. The minimum atomic E-state index is 0.451. The Morgan fingerprint density at radius 2 is 1.90 bits per heavy atom. The van der Waals surface area contributed by atoms with Gasteiger partial charge in [0.25, 0.3) is 0 Å². The van der Waals surface area contributed by atoms with Crippen molar-refractivity contribution in [2.75, 3.05) is 31.6 Å². The second kappa shape index (κ2) is 5.51.